The van der Waals surface area contributed by atoms with Gasteiger partial charge < -0.3 is 9.13 Å². The Morgan fingerprint density at radius 2 is 0.667 bits per heavy atom. The largest absolute Gasteiger partial charge is 0.309 e. The van der Waals surface area contributed by atoms with E-state index in [1.54, 1.807) is 0 Å². The third-order valence-electron chi connectivity index (χ3n) is 12.5. The van der Waals surface area contributed by atoms with Crippen LogP contribution < -0.4 is 0 Å². The maximum atomic E-state index is 5.47. The maximum absolute atomic E-state index is 5.47. The molecule has 0 aliphatic heterocycles. The highest BCUT2D eigenvalue weighted by Gasteiger charge is 2.24. The smallest absolute Gasteiger partial charge is 0.238 e. The average molecular weight is 805 g/mol. The van der Waals surface area contributed by atoms with Crippen LogP contribution in [0, 0.1) is 0 Å². The molecule has 0 fully saturated rings. The molecule has 13 aromatic rings. The van der Waals surface area contributed by atoms with Gasteiger partial charge in [0, 0.05) is 54.8 Å². The van der Waals surface area contributed by atoms with Crippen molar-refractivity contribution in [1.82, 2.24) is 28.7 Å². The van der Waals surface area contributed by atoms with Gasteiger partial charge >= 0.3 is 0 Å². The molecule has 0 bridgehead atoms. The number of fused-ring (bicyclic) bond motifs is 10. The molecule has 0 atom stereocenters. The second kappa shape index (κ2) is 14.0. The fraction of sp³-hybridized carbons (Fsp3) is 0. The summed E-state index contributed by atoms with van der Waals surface area (Å²) >= 11 is 0. The van der Waals surface area contributed by atoms with Crippen LogP contribution in [0.3, 0.4) is 0 Å². The summed E-state index contributed by atoms with van der Waals surface area (Å²) in [5.74, 6) is 1.75. The van der Waals surface area contributed by atoms with E-state index in [-0.39, 0.29) is 0 Å². The fourth-order valence-corrected chi connectivity index (χ4v) is 9.69. The lowest BCUT2D eigenvalue weighted by molar-refractivity contribution is 0.953. The number of aromatic nitrogens is 6. The van der Waals surface area contributed by atoms with Crippen LogP contribution in [0.5, 0.6) is 0 Å². The Bertz CT molecular complexity index is 3880. The van der Waals surface area contributed by atoms with Crippen molar-refractivity contribution in [1.29, 1.82) is 0 Å². The average Bonchev–Trinajstić information content (AvgIpc) is 4.00. The Balaban J connectivity index is 1.11. The van der Waals surface area contributed by atoms with Crippen molar-refractivity contribution in [3.05, 3.63) is 218 Å². The highest BCUT2D eigenvalue weighted by molar-refractivity contribution is 6.23. The van der Waals surface area contributed by atoms with Gasteiger partial charge in [-0.1, -0.05) is 170 Å². The van der Waals surface area contributed by atoms with E-state index in [1.165, 1.54) is 21.9 Å². The molecule has 0 saturated carbocycles. The van der Waals surface area contributed by atoms with Gasteiger partial charge in [0.15, 0.2) is 11.6 Å². The number of para-hydroxylation sites is 4. The lowest BCUT2D eigenvalue weighted by Gasteiger charge is -2.13. The Hall–Kier alpha value is -8.61. The van der Waals surface area contributed by atoms with Crippen LogP contribution in [0.15, 0.2) is 218 Å². The van der Waals surface area contributed by atoms with Crippen LogP contribution in [-0.2, 0) is 0 Å². The molecule has 0 aliphatic carbocycles. The van der Waals surface area contributed by atoms with Crippen LogP contribution >= 0.6 is 0 Å². The third kappa shape index (κ3) is 5.48. The SMILES string of the molecule is c1ccc(-c2ccc3c4ccc(-c5nc(-c6ccccc6)nc(-n6c7ccccc7c7ccc8c9ccccc9n(-c9ccccc9)c8c76)n5)cc4n(-c4ccccc4)c3c2)cc1. The third-order valence-corrected chi connectivity index (χ3v) is 12.5. The van der Waals surface area contributed by atoms with Gasteiger partial charge in [0.1, 0.15) is 0 Å². The zero-order chi connectivity index (χ0) is 41.4. The summed E-state index contributed by atoms with van der Waals surface area (Å²) in [6.07, 6.45) is 0. The summed E-state index contributed by atoms with van der Waals surface area (Å²) < 4.78 is 7.02. The fourth-order valence-electron chi connectivity index (χ4n) is 9.69. The van der Waals surface area contributed by atoms with Gasteiger partial charge in [-0.3, -0.25) is 4.57 Å². The second-order valence-electron chi connectivity index (χ2n) is 16.0. The van der Waals surface area contributed by atoms with Crippen molar-refractivity contribution >= 4 is 65.4 Å². The van der Waals surface area contributed by atoms with E-state index in [0.717, 1.165) is 77.1 Å². The van der Waals surface area contributed by atoms with E-state index in [1.807, 2.05) is 18.2 Å². The predicted octanol–water partition coefficient (Wildman–Crippen LogP) is 14.2. The molecule has 13 rings (SSSR count). The molecule has 4 aromatic heterocycles. The van der Waals surface area contributed by atoms with E-state index >= 15 is 0 Å². The first-order valence-corrected chi connectivity index (χ1v) is 21.3. The van der Waals surface area contributed by atoms with E-state index in [4.69, 9.17) is 15.0 Å². The number of hydrogen-bond donors (Lipinski definition) is 0. The summed E-state index contributed by atoms with van der Waals surface area (Å²) in [6.45, 7) is 0. The van der Waals surface area contributed by atoms with Crippen molar-refractivity contribution in [2.75, 3.05) is 0 Å². The number of nitrogens with zero attached hydrogens (tertiary/aromatic N) is 6. The molecular weight excluding hydrogens is 769 g/mol. The number of hydrogen-bond acceptors (Lipinski definition) is 3. The minimum atomic E-state index is 0.554. The van der Waals surface area contributed by atoms with Crippen molar-refractivity contribution in [2.45, 2.75) is 0 Å². The standard InChI is InChI=1S/C57H36N6/c1-5-17-37(18-6-1)39-29-31-45-46-32-30-40(36-52(46)61(51(45)35-39)41-21-9-3-10-22-41)56-58-55(38-19-7-2-8-20-38)59-57(60-56)63-50-28-16-14-26-44(50)48-34-33-47-43-25-13-15-27-49(43)62(53(47)54(48)63)42-23-11-4-12-24-42/h1-36H. The van der Waals surface area contributed by atoms with Gasteiger partial charge in [-0.05, 0) is 59.7 Å². The highest BCUT2D eigenvalue weighted by atomic mass is 15.2. The van der Waals surface area contributed by atoms with Gasteiger partial charge in [0.05, 0.1) is 33.1 Å². The van der Waals surface area contributed by atoms with Crippen LogP contribution in [0.25, 0.3) is 117 Å². The summed E-state index contributed by atoms with van der Waals surface area (Å²) in [5.41, 5.74) is 12.9. The van der Waals surface area contributed by atoms with E-state index in [2.05, 4.69) is 214 Å². The summed E-state index contributed by atoms with van der Waals surface area (Å²) in [7, 11) is 0. The molecule has 0 radical (unpaired) electrons. The molecular formula is C57H36N6. The van der Waals surface area contributed by atoms with Gasteiger partial charge in [0.25, 0.3) is 0 Å². The van der Waals surface area contributed by atoms with Crippen molar-refractivity contribution < 1.29 is 0 Å². The Labute approximate surface area is 362 Å². The topological polar surface area (TPSA) is 53.5 Å². The summed E-state index contributed by atoms with van der Waals surface area (Å²) in [6, 6.07) is 77.3. The molecule has 0 aliphatic rings. The molecule has 4 heterocycles. The number of benzene rings is 9. The molecule has 0 amide bonds. The monoisotopic (exact) mass is 804 g/mol. The zero-order valence-electron chi connectivity index (χ0n) is 34.0. The Morgan fingerprint density at radius 1 is 0.254 bits per heavy atom. The molecule has 0 spiro atoms. The van der Waals surface area contributed by atoms with Gasteiger partial charge in [0.2, 0.25) is 5.95 Å². The minimum absolute atomic E-state index is 0.554. The normalized spacial score (nSPS) is 11.8. The molecule has 0 unspecified atom stereocenters. The Kier molecular flexibility index (Phi) is 7.80. The van der Waals surface area contributed by atoms with Crippen molar-refractivity contribution in [3.8, 4) is 51.2 Å². The molecule has 0 saturated heterocycles. The molecule has 0 N–H and O–H groups in total. The van der Waals surface area contributed by atoms with E-state index in [0.29, 0.717) is 17.6 Å². The summed E-state index contributed by atoms with van der Waals surface area (Å²) in [4.78, 5) is 16.1. The second-order valence-corrected chi connectivity index (χ2v) is 16.0. The predicted molar refractivity (Wildman–Crippen MR) is 259 cm³/mol. The molecule has 63 heavy (non-hydrogen) atoms. The van der Waals surface area contributed by atoms with Crippen molar-refractivity contribution in [2.24, 2.45) is 0 Å². The van der Waals surface area contributed by atoms with Crippen LogP contribution in [-0.4, -0.2) is 28.7 Å². The lowest BCUT2D eigenvalue weighted by Crippen LogP contribution is -2.07. The highest BCUT2D eigenvalue weighted by Crippen LogP contribution is 2.42. The van der Waals surface area contributed by atoms with Crippen LogP contribution in [0.2, 0.25) is 0 Å². The van der Waals surface area contributed by atoms with Gasteiger partial charge in [-0.25, -0.2) is 4.98 Å². The summed E-state index contributed by atoms with van der Waals surface area (Å²) in [5, 5.41) is 6.96. The molecule has 6 heteroatoms. The van der Waals surface area contributed by atoms with E-state index < -0.39 is 0 Å². The first kappa shape index (κ1) is 35.2. The van der Waals surface area contributed by atoms with Crippen LogP contribution in [0.4, 0.5) is 0 Å². The zero-order valence-corrected chi connectivity index (χ0v) is 34.0. The van der Waals surface area contributed by atoms with Gasteiger partial charge in [-0.2, -0.15) is 9.97 Å². The maximum Gasteiger partial charge on any atom is 0.238 e. The van der Waals surface area contributed by atoms with Gasteiger partial charge in [-0.15, -0.1) is 0 Å². The van der Waals surface area contributed by atoms with Crippen LogP contribution in [0.1, 0.15) is 0 Å². The van der Waals surface area contributed by atoms with E-state index in [9.17, 15) is 0 Å². The number of rotatable bonds is 6. The molecule has 9 aromatic carbocycles. The minimum Gasteiger partial charge on any atom is -0.309 e. The Morgan fingerprint density at radius 3 is 1.27 bits per heavy atom. The molecule has 294 valence electrons. The lowest BCUT2D eigenvalue weighted by atomic mass is 10.0. The molecule has 6 nitrogen and oxygen atoms in total. The first-order valence-electron chi connectivity index (χ1n) is 21.3. The van der Waals surface area contributed by atoms with Crippen molar-refractivity contribution in [3.63, 3.8) is 0 Å². The quantitative estimate of drug-likeness (QED) is 0.168. The first-order chi connectivity index (χ1) is 31.3.